The summed E-state index contributed by atoms with van der Waals surface area (Å²) < 4.78 is 6.59. The first kappa shape index (κ1) is 24.8. The molecule has 1 aromatic heterocycles. The SMILES string of the molecule is CC.COC(=O)C1(C)C=CC(NC(=O)c2cc3n(n2)C(c2ccc(C)c(C)c2)=CCC#C3)=CC1.[HH]. The molecular weight excluding hydrogens is 426 g/mol. The van der Waals surface area contributed by atoms with E-state index in [-0.39, 0.29) is 19.0 Å². The maximum atomic E-state index is 12.9. The Morgan fingerprint density at radius 3 is 2.59 bits per heavy atom. The molecular formula is C28H33N3O3. The molecule has 1 N–H and O–H groups in total. The van der Waals surface area contributed by atoms with Gasteiger partial charge in [-0.25, -0.2) is 4.68 Å². The molecule has 1 aliphatic carbocycles. The van der Waals surface area contributed by atoms with Crippen LogP contribution in [0.25, 0.3) is 5.70 Å². The summed E-state index contributed by atoms with van der Waals surface area (Å²) in [4.78, 5) is 24.8. The van der Waals surface area contributed by atoms with Crippen LogP contribution in [0.3, 0.4) is 0 Å². The third kappa shape index (κ3) is 5.04. The maximum Gasteiger partial charge on any atom is 0.315 e. The first-order chi connectivity index (χ1) is 16.3. The third-order valence-corrected chi connectivity index (χ3v) is 5.87. The van der Waals surface area contributed by atoms with E-state index in [0.717, 1.165) is 11.3 Å². The molecule has 178 valence electrons. The number of benzene rings is 1. The molecule has 1 unspecified atom stereocenters. The smallest absolute Gasteiger partial charge is 0.315 e. The van der Waals surface area contributed by atoms with E-state index in [1.807, 2.05) is 26.0 Å². The number of rotatable bonds is 4. The number of ether oxygens (including phenoxy) is 1. The van der Waals surface area contributed by atoms with E-state index >= 15 is 0 Å². The summed E-state index contributed by atoms with van der Waals surface area (Å²) in [6, 6.07) is 7.96. The van der Waals surface area contributed by atoms with Gasteiger partial charge in [-0.15, -0.1) is 0 Å². The fourth-order valence-corrected chi connectivity index (χ4v) is 3.69. The van der Waals surface area contributed by atoms with Crippen molar-refractivity contribution in [1.29, 1.82) is 0 Å². The van der Waals surface area contributed by atoms with Crippen molar-refractivity contribution in [2.75, 3.05) is 7.11 Å². The van der Waals surface area contributed by atoms with E-state index in [9.17, 15) is 9.59 Å². The number of carbonyl (C=O) groups excluding carboxylic acids is 2. The number of esters is 1. The number of fused-ring (bicyclic) bond motifs is 1. The minimum Gasteiger partial charge on any atom is -0.468 e. The zero-order chi connectivity index (χ0) is 24.9. The van der Waals surface area contributed by atoms with Crippen LogP contribution in [0.15, 0.2) is 54.3 Å². The van der Waals surface area contributed by atoms with Gasteiger partial charge >= 0.3 is 5.97 Å². The molecule has 1 amide bonds. The quantitative estimate of drug-likeness (QED) is 0.506. The molecule has 0 saturated carbocycles. The van der Waals surface area contributed by atoms with Gasteiger partial charge in [0, 0.05) is 25.2 Å². The minimum absolute atomic E-state index is 0. The molecule has 34 heavy (non-hydrogen) atoms. The van der Waals surface area contributed by atoms with Gasteiger partial charge in [-0.2, -0.15) is 5.10 Å². The second-order valence-electron chi connectivity index (χ2n) is 8.28. The van der Waals surface area contributed by atoms with Gasteiger partial charge < -0.3 is 10.1 Å². The molecule has 6 nitrogen and oxygen atoms in total. The molecule has 0 radical (unpaired) electrons. The van der Waals surface area contributed by atoms with Crippen molar-refractivity contribution in [3.8, 4) is 11.8 Å². The highest BCUT2D eigenvalue weighted by molar-refractivity contribution is 5.94. The fraction of sp³-hybridized carbons (Fsp3) is 0.321. The van der Waals surface area contributed by atoms with Gasteiger partial charge in [0.1, 0.15) is 5.69 Å². The lowest BCUT2D eigenvalue weighted by molar-refractivity contribution is -0.148. The predicted molar refractivity (Wildman–Crippen MR) is 136 cm³/mol. The molecule has 2 heterocycles. The molecule has 2 aromatic rings. The molecule has 0 spiro atoms. The maximum absolute atomic E-state index is 12.9. The van der Waals surface area contributed by atoms with E-state index in [1.165, 1.54) is 18.2 Å². The molecule has 1 aliphatic heterocycles. The Morgan fingerprint density at radius 1 is 1.18 bits per heavy atom. The van der Waals surface area contributed by atoms with Crippen molar-refractivity contribution in [3.05, 3.63) is 82.3 Å². The van der Waals surface area contributed by atoms with Crippen LogP contribution in [-0.2, 0) is 9.53 Å². The van der Waals surface area contributed by atoms with Gasteiger partial charge in [-0.1, -0.05) is 44.1 Å². The van der Waals surface area contributed by atoms with E-state index < -0.39 is 5.41 Å². The number of hydrogen-bond donors (Lipinski definition) is 1. The van der Waals surface area contributed by atoms with Crippen molar-refractivity contribution in [2.45, 2.75) is 47.5 Å². The summed E-state index contributed by atoms with van der Waals surface area (Å²) in [5.74, 6) is 5.56. The zero-order valence-corrected chi connectivity index (χ0v) is 20.7. The van der Waals surface area contributed by atoms with Crippen molar-refractivity contribution >= 4 is 17.6 Å². The van der Waals surface area contributed by atoms with Crippen molar-refractivity contribution in [2.24, 2.45) is 5.41 Å². The van der Waals surface area contributed by atoms with Crippen LogP contribution < -0.4 is 5.32 Å². The van der Waals surface area contributed by atoms with Crippen LogP contribution in [0.1, 0.15) is 67.9 Å². The highest BCUT2D eigenvalue weighted by Gasteiger charge is 2.32. The number of aryl methyl sites for hydroxylation is 2. The molecule has 6 heteroatoms. The highest BCUT2D eigenvalue weighted by Crippen LogP contribution is 2.30. The molecule has 0 bridgehead atoms. The van der Waals surface area contributed by atoms with Crippen LogP contribution in [0.2, 0.25) is 0 Å². The number of aromatic nitrogens is 2. The topological polar surface area (TPSA) is 73.2 Å². The van der Waals surface area contributed by atoms with Gasteiger partial charge in [-0.05, 0) is 62.5 Å². The Kier molecular flexibility index (Phi) is 7.57. The average molecular weight is 460 g/mol. The van der Waals surface area contributed by atoms with Gasteiger partial charge in [0.15, 0.2) is 5.69 Å². The van der Waals surface area contributed by atoms with Crippen molar-refractivity contribution < 1.29 is 15.8 Å². The number of hydrogen-bond acceptors (Lipinski definition) is 4. The van der Waals surface area contributed by atoms with Gasteiger partial charge in [-0.3, -0.25) is 9.59 Å². The Hall–Kier alpha value is -3.85. The second-order valence-corrected chi connectivity index (χ2v) is 8.28. The summed E-state index contributed by atoms with van der Waals surface area (Å²) in [6.45, 7) is 9.95. The lowest BCUT2D eigenvalue weighted by Gasteiger charge is -2.24. The van der Waals surface area contributed by atoms with Crippen molar-refractivity contribution in [1.82, 2.24) is 15.1 Å². The first-order valence-corrected chi connectivity index (χ1v) is 11.5. The summed E-state index contributed by atoms with van der Waals surface area (Å²) in [5.41, 5.74) is 5.17. The van der Waals surface area contributed by atoms with Gasteiger partial charge in [0.2, 0.25) is 0 Å². The van der Waals surface area contributed by atoms with Gasteiger partial charge in [0.25, 0.3) is 5.91 Å². The van der Waals surface area contributed by atoms with E-state index in [0.29, 0.717) is 24.2 Å². The molecule has 1 atom stereocenters. The van der Waals surface area contributed by atoms with Crippen LogP contribution in [0.4, 0.5) is 0 Å². The van der Waals surface area contributed by atoms with Crippen LogP contribution in [0, 0.1) is 31.1 Å². The first-order valence-electron chi connectivity index (χ1n) is 11.5. The Labute approximate surface area is 202 Å². The summed E-state index contributed by atoms with van der Waals surface area (Å²) in [7, 11) is 1.37. The molecule has 2 aliphatic rings. The molecule has 0 saturated heterocycles. The number of nitrogens with zero attached hydrogens (tertiary/aromatic N) is 2. The summed E-state index contributed by atoms with van der Waals surface area (Å²) in [6.07, 6.45) is 8.38. The third-order valence-electron chi connectivity index (χ3n) is 5.87. The van der Waals surface area contributed by atoms with E-state index in [2.05, 4.69) is 54.3 Å². The van der Waals surface area contributed by atoms with Crippen LogP contribution in [-0.4, -0.2) is 28.8 Å². The fourth-order valence-electron chi connectivity index (χ4n) is 3.69. The number of methoxy groups -OCH3 is 1. The highest BCUT2D eigenvalue weighted by atomic mass is 16.5. The average Bonchev–Trinajstić information content (AvgIpc) is 3.17. The summed E-state index contributed by atoms with van der Waals surface area (Å²) in [5, 5.41) is 7.43. The van der Waals surface area contributed by atoms with Crippen molar-refractivity contribution in [3.63, 3.8) is 0 Å². The lowest BCUT2D eigenvalue weighted by Crippen LogP contribution is -2.30. The Morgan fingerprint density at radius 2 is 1.94 bits per heavy atom. The minimum atomic E-state index is -0.726. The monoisotopic (exact) mass is 459 g/mol. The Balaban J connectivity index is 0.00000140. The lowest BCUT2D eigenvalue weighted by atomic mass is 9.83. The van der Waals surface area contributed by atoms with Crippen LogP contribution >= 0.6 is 0 Å². The van der Waals surface area contributed by atoms with E-state index in [1.54, 1.807) is 29.8 Å². The predicted octanol–water partition coefficient (Wildman–Crippen LogP) is 5.17. The number of carbonyl (C=O) groups is 2. The summed E-state index contributed by atoms with van der Waals surface area (Å²) >= 11 is 0. The van der Waals surface area contributed by atoms with E-state index in [4.69, 9.17) is 4.74 Å². The largest absolute Gasteiger partial charge is 0.468 e. The second kappa shape index (κ2) is 10.4. The normalized spacial score (nSPS) is 18.1. The number of allylic oxidation sites excluding steroid dienone is 3. The van der Waals surface area contributed by atoms with Gasteiger partial charge in [0.05, 0.1) is 18.2 Å². The molecule has 4 rings (SSSR count). The zero-order valence-electron chi connectivity index (χ0n) is 20.7. The number of amides is 1. The standard InChI is InChI=1S/C26H25N3O3.C2H6.H2/c1-17-9-10-19(15-18(17)2)23-8-6-5-7-21-16-22(28-29(21)23)24(30)27-20-11-13-26(3,14-12-20)25(31)32-4;1-2;/h8-13,15-16H,6,14H2,1-4H3,(H,27,30);1-2H3;1H. The van der Waals surface area contributed by atoms with Crippen LogP contribution in [0.5, 0.6) is 0 Å². The molecule has 1 aromatic carbocycles. The Bertz CT molecular complexity index is 1270. The molecule has 0 fully saturated rings. The number of nitrogens with one attached hydrogen (secondary N) is 1.